The van der Waals surface area contributed by atoms with Crippen LogP contribution in [0.25, 0.3) is 0 Å². The van der Waals surface area contributed by atoms with Crippen LogP contribution in [-0.4, -0.2) is 57.6 Å². The summed E-state index contributed by atoms with van der Waals surface area (Å²) in [5.41, 5.74) is 0. The fourth-order valence-corrected chi connectivity index (χ4v) is 1.40. The van der Waals surface area contributed by atoms with Gasteiger partial charge in [0.15, 0.2) is 0 Å². The molecule has 0 aliphatic rings. The number of Topliss-reactive ketones (excluding diaryl/α,β-unsaturated/α-hetero) is 1. The normalized spacial score (nSPS) is 16.5. The Hall–Kier alpha value is -0.630. The first-order valence-electron chi connectivity index (χ1n) is 4.81. The van der Waals surface area contributed by atoms with E-state index in [2.05, 4.69) is 17.9 Å². The number of hydrogen-bond donors (Lipinski definition) is 5. The fourth-order valence-electron chi connectivity index (χ4n) is 1.14. The maximum absolute atomic E-state index is 11.2. The molecule has 0 spiro atoms. The highest BCUT2D eigenvalue weighted by Gasteiger charge is 2.24. The second-order valence-electron chi connectivity index (χ2n) is 3.48. The summed E-state index contributed by atoms with van der Waals surface area (Å²) in [6.07, 6.45) is -1.07. The van der Waals surface area contributed by atoms with Gasteiger partial charge in [0.1, 0.15) is 11.8 Å². The number of carbonyl (C=O) groups is 2. The summed E-state index contributed by atoms with van der Waals surface area (Å²) < 4.78 is 0. The van der Waals surface area contributed by atoms with E-state index < -0.39 is 30.8 Å². The van der Waals surface area contributed by atoms with Crippen molar-refractivity contribution in [1.82, 2.24) is 5.32 Å². The van der Waals surface area contributed by atoms with Crippen LogP contribution in [-0.2, 0) is 9.59 Å². The summed E-state index contributed by atoms with van der Waals surface area (Å²) in [6, 6.07) is -1.75. The number of aliphatic carboxylic acids is 1. The molecule has 7 heteroatoms. The van der Waals surface area contributed by atoms with Crippen LogP contribution >= 0.6 is 12.6 Å². The molecule has 0 radical (unpaired) electrons. The first-order valence-corrected chi connectivity index (χ1v) is 5.44. The molecule has 6 nitrogen and oxygen atoms in total. The van der Waals surface area contributed by atoms with E-state index in [1.807, 2.05) is 0 Å². The summed E-state index contributed by atoms with van der Waals surface area (Å²) in [5.74, 6) is -1.37. The standard InChI is InChI=1S/C9H17NO5S/c1-5(12)7(2-6(13)3-11)10-8(4-16)9(14)15/h6-8,10-11,13,16H,2-4H2,1H3,(H,14,15)/t6?,7?,8-/m0/s1. The minimum Gasteiger partial charge on any atom is -0.480 e. The molecule has 4 N–H and O–H groups in total. The summed E-state index contributed by atoms with van der Waals surface area (Å²) in [6.45, 7) is 0.823. The molecule has 0 heterocycles. The van der Waals surface area contributed by atoms with E-state index in [9.17, 15) is 14.7 Å². The van der Waals surface area contributed by atoms with Gasteiger partial charge in [-0.3, -0.25) is 14.9 Å². The van der Waals surface area contributed by atoms with E-state index in [1.165, 1.54) is 6.92 Å². The average molecular weight is 251 g/mol. The van der Waals surface area contributed by atoms with Crippen molar-refractivity contribution in [3.8, 4) is 0 Å². The van der Waals surface area contributed by atoms with Gasteiger partial charge in [-0.15, -0.1) is 0 Å². The number of ketones is 1. The van der Waals surface area contributed by atoms with Gasteiger partial charge < -0.3 is 15.3 Å². The largest absolute Gasteiger partial charge is 0.480 e. The molecule has 0 saturated heterocycles. The van der Waals surface area contributed by atoms with Gasteiger partial charge in [-0.2, -0.15) is 12.6 Å². The number of aliphatic hydroxyl groups is 2. The minimum atomic E-state index is -1.11. The molecular formula is C9H17NO5S. The van der Waals surface area contributed by atoms with Crippen LogP contribution in [0.5, 0.6) is 0 Å². The molecular weight excluding hydrogens is 234 g/mol. The highest BCUT2D eigenvalue weighted by Crippen LogP contribution is 2.02. The lowest BCUT2D eigenvalue weighted by Gasteiger charge is -2.21. The number of carboxylic acids is 1. The maximum Gasteiger partial charge on any atom is 0.321 e. The van der Waals surface area contributed by atoms with E-state index in [4.69, 9.17) is 10.2 Å². The molecule has 0 bridgehead atoms. The number of hydrogen-bond acceptors (Lipinski definition) is 6. The Labute approximate surface area is 99.1 Å². The monoisotopic (exact) mass is 251 g/mol. The van der Waals surface area contributed by atoms with Gasteiger partial charge in [0.2, 0.25) is 0 Å². The van der Waals surface area contributed by atoms with Gasteiger partial charge in [-0.05, 0) is 13.3 Å². The van der Waals surface area contributed by atoms with Crippen LogP contribution in [0.15, 0.2) is 0 Å². The van der Waals surface area contributed by atoms with Gasteiger partial charge in [0.25, 0.3) is 0 Å². The molecule has 0 rings (SSSR count). The lowest BCUT2D eigenvalue weighted by atomic mass is 10.1. The molecule has 0 aliphatic heterocycles. The Morgan fingerprint density at radius 1 is 1.38 bits per heavy atom. The second kappa shape index (κ2) is 7.61. The first-order chi connectivity index (χ1) is 7.42. The van der Waals surface area contributed by atoms with E-state index in [0.717, 1.165) is 0 Å². The van der Waals surface area contributed by atoms with Crippen LogP contribution in [0.4, 0.5) is 0 Å². The Bertz CT molecular complexity index is 248. The molecule has 0 aromatic heterocycles. The first kappa shape index (κ1) is 15.4. The number of carbonyl (C=O) groups excluding carboxylic acids is 1. The van der Waals surface area contributed by atoms with Crippen LogP contribution in [0.2, 0.25) is 0 Å². The van der Waals surface area contributed by atoms with E-state index >= 15 is 0 Å². The van der Waals surface area contributed by atoms with Crippen molar-refractivity contribution >= 4 is 24.4 Å². The average Bonchev–Trinajstić information content (AvgIpc) is 2.22. The van der Waals surface area contributed by atoms with Crippen LogP contribution < -0.4 is 5.32 Å². The number of carboxylic acid groups (broad SMARTS) is 1. The summed E-state index contributed by atoms with van der Waals surface area (Å²) in [5, 5.41) is 29.2. The van der Waals surface area contributed by atoms with Gasteiger partial charge >= 0.3 is 5.97 Å². The highest BCUT2D eigenvalue weighted by molar-refractivity contribution is 7.80. The quantitative estimate of drug-likeness (QED) is 0.342. The Morgan fingerprint density at radius 3 is 2.25 bits per heavy atom. The Morgan fingerprint density at radius 2 is 1.94 bits per heavy atom. The predicted molar refractivity (Wildman–Crippen MR) is 60.6 cm³/mol. The lowest BCUT2D eigenvalue weighted by molar-refractivity contribution is -0.139. The third-order valence-corrected chi connectivity index (χ3v) is 2.46. The zero-order chi connectivity index (χ0) is 12.7. The molecule has 0 amide bonds. The van der Waals surface area contributed by atoms with Gasteiger partial charge in [0.05, 0.1) is 18.8 Å². The second-order valence-corrected chi connectivity index (χ2v) is 3.84. The SMILES string of the molecule is CC(=O)C(CC(O)CO)N[C@@H](CS)C(=O)O. The maximum atomic E-state index is 11.2. The molecule has 94 valence electrons. The van der Waals surface area contributed by atoms with Gasteiger partial charge in [-0.25, -0.2) is 0 Å². The van der Waals surface area contributed by atoms with Gasteiger partial charge in [-0.1, -0.05) is 0 Å². The van der Waals surface area contributed by atoms with Gasteiger partial charge in [0, 0.05) is 5.75 Å². The Kier molecular flexibility index (Phi) is 7.31. The molecule has 0 aliphatic carbocycles. The van der Waals surface area contributed by atoms with Crippen LogP contribution in [0.1, 0.15) is 13.3 Å². The molecule has 0 aromatic rings. The van der Waals surface area contributed by atoms with E-state index in [0.29, 0.717) is 0 Å². The molecule has 0 fully saturated rings. The zero-order valence-corrected chi connectivity index (χ0v) is 9.85. The third-order valence-electron chi connectivity index (χ3n) is 2.09. The summed E-state index contributed by atoms with van der Waals surface area (Å²) in [4.78, 5) is 21.9. The van der Waals surface area contributed by atoms with E-state index in [-0.39, 0.29) is 18.0 Å². The van der Waals surface area contributed by atoms with Crippen molar-refractivity contribution in [2.75, 3.05) is 12.4 Å². The summed E-state index contributed by atoms with van der Waals surface area (Å²) >= 11 is 3.85. The number of nitrogens with one attached hydrogen (secondary N) is 1. The fraction of sp³-hybridized carbons (Fsp3) is 0.778. The number of rotatable bonds is 8. The van der Waals surface area contributed by atoms with Crippen molar-refractivity contribution in [2.45, 2.75) is 31.5 Å². The van der Waals surface area contributed by atoms with Crippen molar-refractivity contribution in [3.05, 3.63) is 0 Å². The molecule has 0 aromatic carbocycles. The summed E-state index contributed by atoms with van der Waals surface area (Å²) in [7, 11) is 0. The topological polar surface area (TPSA) is 107 Å². The van der Waals surface area contributed by atoms with Crippen molar-refractivity contribution < 1.29 is 24.9 Å². The van der Waals surface area contributed by atoms with Crippen molar-refractivity contribution in [1.29, 1.82) is 0 Å². The smallest absolute Gasteiger partial charge is 0.321 e. The van der Waals surface area contributed by atoms with Crippen LogP contribution in [0, 0.1) is 0 Å². The van der Waals surface area contributed by atoms with Crippen LogP contribution in [0.3, 0.4) is 0 Å². The molecule has 16 heavy (non-hydrogen) atoms. The van der Waals surface area contributed by atoms with Crippen molar-refractivity contribution in [2.24, 2.45) is 0 Å². The minimum absolute atomic E-state index is 0.0244. The molecule has 3 atom stereocenters. The predicted octanol–water partition coefficient (Wildman–Crippen LogP) is -1.34. The number of aliphatic hydroxyl groups excluding tert-OH is 2. The zero-order valence-electron chi connectivity index (χ0n) is 8.96. The third kappa shape index (κ3) is 5.45. The Balaban J connectivity index is 4.43. The highest BCUT2D eigenvalue weighted by atomic mass is 32.1. The lowest BCUT2D eigenvalue weighted by Crippen LogP contribution is -2.49. The number of thiol groups is 1. The van der Waals surface area contributed by atoms with Crippen molar-refractivity contribution in [3.63, 3.8) is 0 Å². The molecule has 2 unspecified atom stereocenters. The molecule has 0 saturated carbocycles. The van der Waals surface area contributed by atoms with E-state index in [1.54, 1.807) is 0 Å².